The summed E-state index contributed by atoms with van der Waals surface area (Å²) in [6.07, 6.45) is 2.50. The summed E-state index contributed by atoms with van der Waals surface area (Å²) in [4.78, 5) is 0.312. The van der Waals surface area contributed by atoms with Gasteiger partial charge < -0.3 is 0 Å². The molecule has 2 aromatic carbocycles. The Bertz CT molecular complexity index is 893. The highest BCUT2D eigenvalue weighted by molar-refractivity contribution is 7.90. The highest BCUT2D eigenvalue weighted by Gasteiger charge is 2.20. The molecular weight excluding hydrogens is 294 g/mol. The molecule has 4 heteroatoms. The molecule has 0 fully saturated rings. The van der Waals surface area contributed by atoms with Crippen LogP contribution in [-0.4, -0.2) is 12.4 Å². The van der Waals surface area contributed by atoms with Crippen molar-refractivity contribution in [1.82, 2.24) is 3.97 Å². The van der Waals surface area contributed by atoms with Gasteiger partial charge in [0, 0.05) is 11.6 Å². The minimum absolute atomic E-state index is 0.312. The minimum atomic E-state index is -3.56. The van der Waals surface area contributed by atoms with Crippen LogP contribution in [0.5, 0.6) is 0 Å². The zero-order chi connectivity index (χ0) is 15.7. The smallest absolute Gasteiger partial charge is 0.241 e. The van der Waals surface area contributed by atoms with Crippen LogP contribution in [0.3, 0.4) is 0 Å². The van der Waals surface area contributed by atoms with E-state index in [1.54, 1.807) is 30.5 Å². The second-order valence-corrected chi connectivity index (χ2v) is 7.70. The zero-order valence-corrected chi connectivity index (χ0v) is 13.5. The Morgan fingerprint density at radius 3 is 2.36 bits per heavy atom. The van der Waals surface area contributed by atoms with Crippen molar-refractivity contribution < 1.29 is 8.42 Å². The molecule has 0 saturated heterocycles. The Labute approximate surface area is 131 Å². The molecule has 0 aliphatic heterocycles. The molecule has 0 spiro atoms. The summed E-state index contributed by atoms with van der Waals surface area (Å²) < 4.78 is 27.2. The van der Waals surface area contributed by atoms with Gasteiger partial charge in [-0.05, 0) is 36.1 Å². The molecule has 3 nitrogen and oxygen atoms in total. The Morgan fingerprint density at radius 2 is 1.68 bits per heavy atom. The van der Waals surface area contributed by atoms with E-state index < -0.39 is 10.0 Å². The second-order valence-electron chi connectivity index (χ2n) is 5.88. The molecule has 3 aromatic rings. The van der Waals surface area contributed by atoms with E-state index in [0.717, 1.165) is 22.9 Å². The highest BCUT2D eigenvalue weighted by atomic mass is 32.2. The molecule has 0 unspecified atom stereocenters. The molecule has 0 saturated carbocycles. The molecular formula is C18H19NO2S. The maximum absolute atomic E-state index is 12.9. The summed E-state index contributed by atoms with van der Waals surface area (Å²) in [6, 6.07) is 16.4. The van der Waals surface area contributed by atoms with Gasteiger partial charge in [0.15, 0.2) is 0 Å². The van der Waals surface area contributed by atoms with Gasteiger partial charge in [-0.25, -0.2) is 12.4 Å². The lowest BCUT2D eigenvalue weighted by molar-refractivity contribution is 0.588. The quantitative estimate of drug-likeness (QED) is 0.728. The highest BCUT2D eigenvalue weighted by Crippen LogP contribution is 2.26. The van der Waals surface area contributed by atoms with E-state index in [1.807, 2.05) is 30.3 Å². The van der Waals surface area contributed by atoms with Crippen molar-refractivity contribution in [3.05, 3.63) is 66.4 Å². The van der Waals surface area contributed by atoms with E-state index in [-0.39, 0.29) is 0 Å². The van der Waals surface area contributed by atoms with Crippen LogP contribution >= 0.6 is 0 Å². The maximum atomic E-state index is 12.9. The predicted octanol–water partition coefficient (Wildman–Crippen LogP) is 4.08. The number of hydrogen-bond acceptors (Lipinski definition) is 2. The van der Waals surface area contributed by atoms with Gasteiger partial charge in [0.25, 0.3) is 10.0 Å². The molecule has 0 aliphatic carbocycles. The third-order valence-electron chi connectivity index (χ3n) is 3.69. The van der Waals surface area contributed by atoms with Crippen molar-refractivity contribution in [3.63, 3.8) is 0 Å². The van der Waals surface area contributed by atoms with Crippen LogP contribution in [0.1, 0.15) is 19.4 Å². The summed E-state index contributed by atoms with van der Waals surface area (Å²) in [6.45, 7) is 4.27. The van der Waals surface area contributed by atoms with Crippen LogP contribution in [0.15, 0.2) is 65.7 Å². The molecule has 0 aliphatic rings. The fourth-order valence-electron chi connectivity index (χ4n) is 2.75. The van der Waals surface area contributed by atoms with E-state index in [9.17, 15) is 8.42 Å². The largest absolute Gasteiger partial charge is 0.268 e. The van der Waals surface area contributed by atoms with Gasteiger partial charge in [-0.3, -0.25) is 0 Å². The Hall–Kier alpha value is -2.07. The first-order chi connectivity index (χ1) is 10.5. The first-order valence-corrected chi connectivity index (χ1v) is 8.84. The first kappa shape index (κ1) is 14.9. The fourth-order valence-corrected chi connectivity index (χ4v) is 4.16. The van der Waals surface area contributed by atoms with Gasteiger partial charge in [0.2, 0.25) is 0 Å². The zero-order valence-electron chi connectivity index (χ0n) is 12.7. The number of nitrogens with zero attached hydrogens (tertiary/aromatic N) is 1. The van der Waals surface area contributed by atoms with Crippen LogP contribution in [0.25, 0.3) is 10.9 Å². The van der Waals surface area contributed by atoms with Gasteiger partial charge in [0.1, 0.15) is 0 Å². The summed E-state index contributed by atoms with van der Waals surface area (Å²) in [5.74, 6) is 0.466. The summed E-state index contributed by atoms with van der Waals surface area (Å²) in [5.41, 5.74) is 1.86. The van der Waals surface area contributed by atoms with Gasteiger partial charge in [-0.1, -0.05) is 50.2 Å². The summed E-state index contributed by atoms with van der Waals surface area (Å²) >= 11 is 0. The molecule has 22 heavy (non-hydrogen) atoms. The average molecular weight is 313 g/mol. The Kier molecular flexibility index (Phi) is 3.79. The minimum Gasteiger partial charge on any atom is -0.241 e. The van der Waals surface area contributed by atoms with Crippen molar-refractivity contribution >= 4 is 20.9 Å². The lowest BCUT2D eigenvalue weighted by Crippen LogP contribution is -2.13. The van der Waals surface area contributed by atoms with Gasteiger partial charge >= 0.3 is 0 Å². The molecule has 0 N–H and O–H groups in total. The normalized spacial score (nSPS) is 12.1. The summed E-state index contributed by atoms with van der Waals surface area (Å²) in [7, 11) is -3.56. The number of fused-ring (bicyclic) bond motifs is 1. The molecule has 0 amide bonds. The van der Waals surface area contributed by atoms with Crippen molar-refractivity contribution in [3.8, 4) is 0 Å². The lowest BCUT2D eigenvalue weighted by atomic mass is 10.0. The maximum Gasteiger partial charge on any atom is 0.268 e. The van der Waals surface area contributed by atoms with E-state index in [4.69, 9.17) is 0 Å². The predicted molar refractivity (Wildman–Crippen MR) is 89.5 cm³/mol. The number of benzene rings is 2. The van der Waals surface area contributed by atoms with Crippen molar-refractivity contribution in [1.29, 1.82) is 0 Å². The molecule has 1 aromatic heterocycles. The molecule has 1 heterocycles. The molecule has 0 atom stereocenters. The van der Waals surface area contributed by atoms with Gasteiger partial charge in [0.05, 0.1) is 10.4 Å². The standard InChI is InChI=1S/C18H19NO2S/c1-14(2)13-16-8-6-7-15-11-12-19(18(15)16)22(20,21)17-9-4-3-5-10-17/h3-12,14H,13H2,1-2H3. The van der Waals surface area contributed by atoms with Crippen LogP contribution in [-0.2, 0) is 16.4 Å². The molecule has 0 radical (unpaired) electrons. The van der Waals surface area contributed by atoms with Crippen LogP contribution in [0.2, 0.25) is 0 Å². The Balaban J connectivity index is 2.24. The Morgan fingerprint density at radius 1 is 0.955 bits per heavy atom. The van der Waals surface area contributed by atoms with E-state index >= 15 is 0 Å². The second kappa shape index (κ2) is 5.61. The molecule has 3 rings (SSSR count). The third kappa shape index (κ3) is 2.55. The van der Waals surface area contributed by atoms with Crippen LogP contribution < -0.4 is 0 Å². The SMILES string of the molecule is CC(C)Cc1cccc2ccn(S(=O)(=O)c3ccccc3)c12. The fraction of sp³-hybridized carbons (Fsp3) is 0.222. The van der Waals surface area contributed by atoms with Crippen molar-refractivity contribution in [2.75, 3.05) is 0 Å². The monoisotopic (exact) mass is 313 g/mol. The number of hydrogen-bond donors (Lipinski definition) is 0. The van der Waals surface area contributed by atoms with Crippen LogP contribution in [0, 0.1) is 5.92 Å². The lowest BCUT2D eigenvalue weighted by Gasteiger charge is -2.12. The van der Waals surface area contributed by atoms with E-state index in [2.05, 4.69) is 13.8 Å². The number of rotatable bonds is 4. The van der Waals surface area contributed by atoms with Crippen molar-refractivity contribution in [2.24, 2.45) is 5.92 Å². The number of para-hydroxylation sites is 1. The van der Waals surface area contributed by atoms with Crippen molar-refractivity contribution in [2.45, 2.75) is 25.2 Å². The van der Waals surface area contributed by atoms with E-state index in [1.165, 1.54) is 3.97 Å². The third-order valence-corrected chi connectivity index (χ3v) is 5.38. The topological polar surface area (TPSA) is 39.1 Å². The van der Waals surface area contributed by atoms with Gasteiger partial charge in [-0.2, -0.15) is 0 Å². The number of aromatic nitrogens is 1. The van der Waals surface area contributed by atoms with Crippen LogP contribution in [0.4, 0.5) is 0 Å². The first-order valence-electron chi connectivity index (χ1n) is 7.40. The summed E-state index contributed by atoms with van der Waals surface area (Å²) in [5, 5.41) is 0.956. The average Bonchev–Trinajstić information content (AvgIpc) is 2.93. The van der Waals surface area contributed by atoms with Gasteiger partial charge in [-0.15, -0.1) is 0 Å². The molecule has 0 bridgehead atoms. The van der Waals surface area contributed by atoms with E-state index in [0.29, 0.717) is 10.8 Å². The molecule has 114 valence electrons.